The van der Waals surface area contributed by atoms with Crippen LogP contribution < -0.4 is 19.7 Å². The quantitative estimate of drug-likeness (QED) is 0.623. The van der Waals surface area contributed by atoms with Crippen molar-refractivity contribution in [3.8, 4) is 11.5 Å². The fraction of sp³-hybridized carbons (Fsp3) is 0.429. The molecule has 0 aromatic heterocycles. The molecule has 0 saturated carbocycles. The molecule has 5 nitrogen and oxygen atoms in total. The maximum absolute atomic E-state index is 13.7. The Morgan fingerprint density at radius 3 is 2.70 bits per heavy atom. The van der Waals surface area contributed by atoms with Crippen LogP contribution in [-0.2, 0) is 17.9 Å². The summed E-state index contributed by atoms with van der Waals surface area (Å²) in [7, 11) is 1.63. The molecule has 0 bridgehead atoms. The lowest BCUT2D eigenvalue weighted by molar-refractivity contribution is -0.920. The molecular weight excluding hydrogens is 347 g/mol. The van der Waals surface area contributed by atoms with Gasteiger partial charge in [0.15, 0.2) is 11.5 Å². The van der Waals surface area contributed by atoms with Gasteiger partial charge in [0, 0.05) is 11.1 Å². The Morgan fingerprint density at radius 2 is 1.93 bits per heavy atom. The zero-order valence-electron chi connectivity index (χ0n) is 15.9. The van der Waals surface area contributed by atoms with Crippen LogP contribution in [0.3, 0.4) is 0 Å². The van der Waals surface area contributed by atoms with Crippen molar-refractivity contribution in [2.24, 2.45) is 0 Å². The first-order valence-corrected chi connectivity index (χ1v) is 9.52. The average molecular weight is 376 g/mol. The van der Waals surface area contributed by atoms with E-state index in [4.69, 9.17) is 14.2 Å². The van der Waals surface area contributed by atoms with Gasteiger partial charge in [-0.15, -0.1) is 0 Å². The van der Waals surface area contributed by atoms with E-state index in [-0.39, 0.29) is 12.4 Å². The number of methoxy groups -OCH3 is 1. The number of hydrogen-bond acceptors (Lipinski definition) is 3. The second kappa shape index (κ2) is 10.3. The van der Waals surface area contributed by atoms with Crippen molar-refractivity contribution < 1.29 is 28.8 Å². The third-order valence-electron chi connectivity index (χ3n) is 4.85. The first-order valence-electron chi connectivity index (χ1n) is 9.52. The molecule has 2 aromatic rings. The Balaban J connectivity index is 1.48. The molecule has 1 aliphatic rings. The van der Waals surface area contributed by atoms with E-state index in [0.717, 1.165) is 45.9 Å². The van der Waals surface area contributed by atoms with Crippen molar-refractivity contribution in [1.82, 2.24) is 0 Å². The van der Waals surface area contributed by atoms with Crippen LogP contribution in [0.2, 0.25) is 0 Å². The largest absolute Gasteiger partial charge is 0.493 e. The van der Waals surface area contributed by atoms with Gasteiger partial charge in [-0.05, 0) is 24.3 Å². The standard InChI is InChI=1S/C21H27FN2O3/c1-25-21-14-17(15-23-8-9-24-10-12-26-13-11-24)6-7-20(21)27-16-18-4-2-3-5-19(18)22/h2-7,14,23H,8-13,15-16H2,1H3/p+2. The van der Waals surface area contributed by atoms with Gasteiger partial charge in [0.05, 0.1) is 20.3 Å². The van der Waals surface area contributed by atoms with Crippen LogP contribution in [-0.4, -0.2) is 46.5 Å². The molecule has 0 unspecified atom stereocenters. The van der Waals surface area contributed by atoms with Gasteiger partial charge in [-0.2, -0.15) is 0 Å². The molecule has 0 atom stereocenters. The van der Waals surface area contributed by atoms with E-state index in [1.54, 1.807) is 30.2 Å². The number of benzene rings is 2. The Morgan fingerprint density at radius 1 is 1.11 bits per heavy atom. The highest BCUT2D eigenvalue weighted by Gasteiger charge is 2.14. The molecule has 3 N–H and O–H groups in total. The van der Waals surface area contributed by atoms with Crippen molar-refractivity contribution in [2.75, 3.05) is 46.5 Å². The first-order chi connectivity index (χ1) is 13.3. The molecule has 3 rings (SSSR count). The van der Waals surface area contributed by atoms with Crippen LogP contribution in [0.15, 0.2) is 42.5 Å². The summed E-state index contributed by atoms with van der Waals surface area (Å²) in [6.45, 7) is 7.28. The number of nitrogens with two attached hydrogens (primary N) is 1. The van der Waals surface area contributed by atoms with Crippen molar-refractivity contribution in [1.29, 1.82) is 0 Å². The number of nitrogens with one attached hydrogen (secondary N) is 1. The Kier molecular flexibility index (Phi) is 7.45. The second-order valence-corrected chi connectivity index (χ2v) is 6.76. The third kappa shape index (κ3) is 5.92. The fourth-order valence-electron chi connectivity index (χ4n) is 3.21. The fourth-order valence-corrected chi connectivity index (χ4v) is 3.21. The maximum Gasteiger partial charge on any atom is 0.161 e. The van der Waals surface area contributed by atoms with E-state index >= 15 is 0 Å². The van der Waals surface area contributed by atoms with Gasteiger partial charge in [0.2, 0.25) is 0 Å². The average Bonchev–Trinajstić information content (AvgIpc) is 2.72. The highest BCUT2D eigenvalue weighted by Crippen LogP contribution is 2.28. The van der Waals surface area contributed by atoms with Gasteiger partial charge in [0.25, 0.3) is 0 Å². The Bertz CT molecular complexity index is 720. The lowest BCUT2D eigenvalue weighted by atomic mass is 10.2. The van der Waals surface area contributed by atoms with Crippen molar-refractivity contribution in [3.05, 3.63) is 59.4 Å². The predicted molar refractivity (Wildman–Crippen MR) is 101 cm³/mol. The third-order valence-corrected chi connectivity index (χ3v) is 4.85. The molecule has 0 aliphatic carbocycles. The van der Waals surface area contributed by atoms with Gasteiger partial charge in [-0.1, -0.05) is 18.2 Å². The summed E-state index contributed by atoms with van der Waals surface area (Å²) >= 11 is 0. The van der Waals surface area contributed by atoms with E-state index in [2.05, 4.69) is 5.32 Å². The maximum atomic E-state index is 13.7. The molecule has 1 heterocycles. The minimum atomic E-state index is -0.259. The normalized spacial score (nSPS) is 14.9. The van der Waals surface area contributed by atoms with Gasteiger partial charge in [-0.25, -0.2) is 4.39 Å². The molecule has 0 radical (unpaired) electrons. The second-order valence-electron chi connectivity index (χ2n) is 6.76. The van der Waals surface area contributed by atoms with Crippen LogP contribution in [0.5, 0.6) is 11.5 Å². The van der Waals surface area contributed by atoms with Crippen molar-refractivity contribution >= 4 is 0 Å². The molecule has 1 saturated heterocycles. The van der Waals surface area contributed by atoms with Gasteiger partial charge in [-0.3, -0.25) is 0 Å². The van der Waals surface area contributed by atoms with Crippen LogP contribution in [0.1, 0.15) is 11.1 Å². The topological polar surface area (TPSA) is 48.7 Å². The molecule has 1 fully saturated rings. The summed E-state index contributed by atoms with van der Waals surface area (Å²) < 4.78 is 30.3. The summed E-state index contributed by atoms with van der Waals surface area (Å²) in [6, 6.07) is 12.6. The van der Waals surface area contributed by atoms with E-state index in [1.807, 2.05) is 18.2 Å². The summed E-state index contributed by atoms with van der Waals surface area (Å²) in [4.78, 5) is 1.62. The minimum absolute atomic E-state index is 0.177. The zero-order valence-corrected chi connectivity index (χ0v) is 15.9. The van der Waals surface area contributed by atoms with E-state index < -0.39 is 0 Å². The summed E-state index contributed by atoms with van der Waals surface area (Å²) in [5.74, 6) is 1.04. The van der Waals surface area contributed by atoms with E-state index in [1.165, 1.54) is 11.6 Å². The van der Waals surface area contributed by atoms with Gasteiger partial charge in [0.1, 0.15) is 45.1 Å². The number of morpholine rings is 1. The molecule has 27 heavy (non-hydrogen) atoms. The van der Waals surface area contributed by atoms with Crippen molar-refractivity contribution in [2.45, 2.75) is 13.2 Å². The molecule has 0 spiro atoms. The monoisotopic (exact) mass is 376 g/mol. The smallest absolute Gasteiger partial charge is 0.161 e. The molecule has 1 aliphatic heterocycles. The SMILES string of the molecule is COc1cc(C[NH2+]CC[NH+]2CCOCC2)ccc1OCc1ccccc1F. The first kappa shape index (κ1) is 19.6. The molecular formula is C21H29FN2O3+2. The molecule has 2 aromatic carbocycles. The van der Waals surface area contributed by atoms with Crippen LogP contribution in [0, 0.1) is 5.82 Å². The highest BCUT2D eigenvalue weighted by molar-refractivity contribution is 5.42. The van der Waals surface area contributed by atoms with Gasteiger partial charge < -0.3 is 24.4 Å². The van der Waals surface area contributed by atoms with Crippen LogP contribution in [0.25, 0.3) is 0 Å². The number of hydrogen-bond donors (Lipinski definition) is 2. The lowest BCUT2D eigenvalue weighted by Crippen LogP contribution is -3.16. The minimum Gasteiger partial charge on any atom is -0.493 e. The predicted octanol–water partition coefficient (Wildman–Crippen LogP) is 0.392. The number of rotatable bonds is 9. The summed E-state index contributed by atoms with van der Waals surface area (Å²) in [5.41, 5.74) is 1.71. The summed E-state index contributed by atoms with van der Waals surface area (Å²) in [6.07, 6.45) is 0. The Hall–Kier alpha value is -2.15. The lowest BCUT2D eigenvalue weighted by Gasteiger charge is -2.22. The number of ether oxygens (including phenoxy) is 3. The van der Waals surface area contributed by atoms with E-state index in [9.17, 15) is 4.39 Å². The van der Waals surface area contributed by atoms with E-state index in [0.29, 0.717) is 17.1 Å². The van der Waals surface area contributed by atoms with Gasteiger partial charge >= 0.3 is 0 Å². The van der Waals surface area contributed by atoms with Crippen LogP contribution in [0.4, 0.5) is 4.39 Å². The zero-order chi connectivity index (χ0) is 18.9. The highest BCUT2D eigenvalue weighted by atomic mass is 19.1. The number of quaternary nitrogens is 2. The summed E-state index contributed by atoms with van der Waals surface area (Å²) in [5, 5.41) is 2.32. The van der Waals surface area contributed by atoms with Crippen molar-refractivity contribution in [3.63, 3.8) is 0 Å². The molecule has 146 valence electrons. The molecule has 6 heteroatoms. The number of halogens is 1. The molecule has 0 amide bonds. The Labute approximate surface area is 160 Å². The van der Waals surface area contributed by atoms with Crippen LogP contribution >= 0.6 is 0 Å².